The Hall–Kier alpha value is -3.13. The first kappa shape index (κ1) is 25.0. The first-order chi connectivity index (χ1) is 16.7. The third-order valence-corrected chi connectivity index (χ3v) is 7.34. The molecule has 1 aliphatic heterocycles. The topological polar surface area (TPSA) is 94.1 Å². The van der Waals surface area contributed by atoms with Crippen LogP contribution in [0.2, 0.25) is 0 Å². The van der Waals surface area contributed by atoms with Crippen molar-refractivity contribution in [3.05, 3.63) is 65.7 Å². The molecule has 3 aromatic rings. The predicted molar refractivity (Wildman–Crippen MR) is 139 cm³/mol. The minimum atomic E-state index is -0.518. The number of aromatic nitrogens is 3. The minimum Gasteiger partial charge on any atom is -0.368 e. The minimum absolute atomic E-state index is 0.0643. The van der Waals surface area contributed by atoms with Gasteiger partial charge in [-0.05, 0) is 35.8 Å². The average Bonchev–Trinajstić information content (AvgIpc) is 3.25. The maximum absolute atomic E-state index is 13.0. The van der Waals surface area contributed by atoms with Crippen molar-refractivity contribution >= 4 is 23.6 Å². The van der Waals surface area contributed by atoms with Gasteiger partial charge in [0.05, 0.1) is 12.3 Å². The standard InChI is InChI=1S/C27H33N5O2S/c1-27(2,3)21-14-12-20(13-15-21)25-29-30-26(32(25)17-19-9-5-4-6-10-19)35-18-23(33)31-16-8-7-11-22(31)24(28)34/h4-6,9-10,12-15,22H,7-8,11,16-18H2,1-3H3,(H2,28,34). The summed E-state index contributed by atoms with van der Waals surface area (Å²) < 4.78 is 2.06. The molecule has 0 aliphatic carbocycles. The molecule has 0 bridgehead atoms. The monoisotopic (exact) mass is 491 g/mol. The molecule has 35 heavy (non-hydrogen) atoms. The Kier molecular flexibility index (Phi) is 7.60. The van der Waals surface area contributed by atoms with Crippen LogP contribution in [0.25, 0.3) is 11.4 Å². The van der Waals surface area contributed by atoms with Crippen LogP contribution < -0.4 is 5.73 Å². The van der Waals surface area contributed by atoms with Crippen molar-refractivity contribution in [2.24, 2.45) is 5.73 Å². The van der Waals surface area contributed by atoms with Crippen molar-refractivity contribution in [1.82, 2.24) is 19.7 Å². The van der Waals surface area contributed by atoms with E-state index in [0.29, 0.717) is 24.7 Å². The number of hydrogen-bond donors (Lipinski definition) is 1. The third-order valence-electron chi connectivity index (χ3n) is 6.39. The fraction of sp³-hybridized carbons (Fsp3) is 0.407. The SMILES string of the molecule is CC(C)(C)c1ccc(-c2nnc(SCC(=O)N3CCCCC3C(N)=O)n2Cc2ccccc2)cc1. The molecule has 1 unspecified atom stereocenters. The Morgan fingerprint density at radius 1 is 1.03 bits per heavy atom. The van der Waals surface area contributed by atoms with Crippen LogP contribution in [0.1, 0.15) is 51.2 Å². The smallest absolute Gasteiger partial charge is 0.240 e. The third kappa shape index (κ3) is 5.93. The molecule has 1 atom stereocenters. The van der Waals surface area contributed by atoms with Gasteiger partial charge in [-0.25, -0.2) is 0 Å². The van der Waals surface area contributed by atoms with Crippen LogP contribution in [0.4, 0.5) is 0 Å². The van der Waals surface area contributed by atoms with E-state index in [-0.39, 0.29) is 17.1 Å². The van der Waals surface area contributed by atoms with Crippen molar-refractivity contribution in [2.45, 2.75) is 63.2 Å². The van der Waals surface area contributed by atoms with Gasteiger partial charge in [0.1, 0.15) is 6.04 Å². The highest BCUT2D eigenvalue weighted by molar-refractivity contribution is 7.99. The molecule has 7 nitrogen and oxygen atoms in total. The summed E-state index contributed by atoms with van der Waals surface area (Å²) in [7, 11) is 0. The Morgan fingerprint density at radius 2 is 1.74 bits per heavy atom. The molecule has 2 aromatic carbocycles. The van der Waals surface area contributed by atoms with Crippen molar-refractivity contribution < 1.29 is 9.59 Å². The molecular formula is C27H33N5O2S. The van der Waals surface area contributed by atoms with Gasteiger partial charge in [0.15, 0.2) is 11.0 Å². The van der Waals surface area contributed by atoms with Crippen molar-refractivity contribution in [1.29, 1.82) is 0 Å². The second-order valence-electron chi connectivity index (χ2n) is 10.00. The second-order valence-corrected chi connectivity index (χ2v) is 10.9. The Balaban J connectivity index is 1.59. The van der Waals surface area contributed by atoms with E-state index in [2.05, 4.69) is 71.9 Å². The molecule has 184 valence electrons. The number of primary amides is 1. The quantitative estimate of drug-likeness (QED) is 0.499. The van der Waals surface area contributed by atoms with Crippen LogP contribution in [-0.2, 0) is 21.5 Å². The van der Waals surface area contributed by atoms with Crippen LogP contribution in [0.3, 0.4) is 0 Å². The zero-order valence-corrected chi connectivity index (χ0v) is 21.4. The number of carbonyl (C=O) groups is 2. The van der Waals surface area contributed by atoms with Gasteiger partial charge in [-0.15, -0.1) is 10.2 Å². The molecule has 1 saturated heterocycles. The highest BCUT2D eigenvalue weighted by Gasteiger charge is 2.30. The first-order valence-electron chi connectivity index (χ1n) is 12.0. The number of carbonyl (C=O) groups excluding carboxylic acids is 2. The Morgan fingerprint density at radius 3 is 2.40 bits per heavy atom. The summed E-state index contributed by atoms with van der Waals surface area (Å²) >= 11 is 1.35. The number of thioether (sulfide) groups is 1. The van der Waals surface area contributed by atoms with Gasteiger partial charge in [-0.1, -0.05) is 87.1 Å². The second kappa shape index (κ2) is 10.6. The first-order valence-corrected chi connectivity index (χ1v) is 13.0. The largest absolute Gasteiger partial charge is 0.368 e. The normalized spacial score (nSPS) is 16.3. The average molecular weight is 492 g/mol. The van der Waals surface area contributed by atoms with Gasteiger partial charge in [-0.2, -0.15) is 0 Å². The van der Waals surface area contributed by atoms with E-state index in [1.165, 1.54) is 17.3 Å². The molecule has 2 heterocycles. The van der Waals surface area contributed by atoms with E-state index in [1.807, 2.05) is 18.2 Å². The van der Waals surface area contributed by atoms with Gasteiger partial charge < -0.3 is 10.6 Å². The van der Waals surface area contributed by atoms with Crippen LogP contribution in [-0.4, -0.2) is 49.8 Å². The van der Waals surface area contributed by atoms with E-state index in [1.54, 1.807) is 4.90 Å². The van der Waals surface area contributed by atoms with Crippen molar-refractivity contribution in [2.75, 3.05) is 12.3 Å². The van der Waals surface area contributed by atoms with E-state index in [4.69, 9.17) is 5.73 Å². The number of nitrogens with zero attached hydrogens (tertiary/aromatic N) is 4. The number of amides is 2. The summed E-state index contributed by atoms with van der Waals surface area (Å²) in [6.07, 6.45) is 2.43. The lowest BCUT2D eigenvalue weighted by atomic mass is 9.87. The summed E-state index contributed by atoms with van der Waals surface area (Å²) in [5.41, 5.74) is 8.97. The molecule has 0 spiro atoms. The summed E-state index contributed by atoms with van der Waals surface area (Å²) in [6.45, 7) is 7.73. The zero-order valence-electron chi connectivity index (χ0n) is 20.6. The van der Waals surface area contributed by atoms with Crippen molar-refractivity contribution in [3.63, 3.8) is 0 Å². The summed E-state index contributed by atoms with van der Waals surface area (Å²) in [6, 6.07) is 18.0. The number of nitrogens with two attached hydrogens (primary N) is 1. The van der Waals surface area contributed by atoms with Gasteiger partial charge in [-0.3, -0.25) is 14.2 Å². The fourth-order valence-corrected chi connectivity index (χ4v) is 5.20. The van der Waals surface area contributed by atoms with Crippen molar-refractivity contribution in [3.8, 4) is 11.4 Å². The highest BCUT2D eigenvalue weighted by atomic mass is 32.2. The molecule has 8 heteroatoms. The van der Waals surface area contributed by atoms with Gasteiger partial charge >= 0.3 is 0 Å². The summed E-state index contributed by atoms with van der Waals surface area (Å²) in [4.78, 5) is 26.5. The maximum atomic E-state index is 13.0. The lowest BCUT2D eigenvalue weighted by molar-refractivity contribution is -0.138. The van der Waals surface area contributed by atoms with Crippen LogP contribution in [0.5, 0.6) is 0 Å². The van der Waals surface area contributed by atoms with E-state index >= 15 is 0 Å². The molecule has 4 rings (SSSR count). The van der Waals surface area contributed by atoms with E-state index in [0.717, 1.165) is 29.8 Å². The fourth-order valence-electron chi connectivity index (χ4n) is 4.37. The molecular weight excluding hydrogens is 458 g/mol. The van der Waals surface area contributed by atoms with Crippen LogP contribution in [0, 0.1) is 0 Å². The molecule has 1 fully saturated rings. The molecule has 2 amide bonds. The highest BCUT2D eigenvalue weighted by Crippen LogP contribution is 2.29. The number of hydrogen-bond acceptors (Lipinski definition) is 5. The molecule has 1 aliphatic rings. The molecule has 1 aromatic heterocycles. The maximum Gasteiger partial charge on any atom is 0.240 e. The number of benzene rings is 2. The molecule has 0 radical (unpaired) electrons. The van der Waals surface area contributed by atoms with Gasteiger partial charge in [0.25, 0.3) is 0 Å². The molecule has 0 saturated carbocycles. The number of likely N-dealkylation sites (tertiary alicyclic amines) is 1. The van der Waals surface area contributed by atoms with E-state index < -0.39 is 11.9 Å². The Bertz CT molecular complexity index is 1170. The number of piperidine rings is 1. The van der Waals surface area contributed by atoms with Crippen LogP contribution in [0.15, 0.2) is 59.8 Å². The van der Waals surface area contributed by atoms with E-state index in [9.17, 15) is 9.59 Å². The van der Waals surface area contributed by atoms with Gasteiger partial charge in [0.2, 0.25) is 11.8 Å². The lowest BCUT2D eigenvalue weighted by Crippen LogP contribution is -2.51. The number of rotatable bonds is 7. The zero-order chi connectivity index (χ0) is 25.0. The summed E-state index contributed by atoms with van der Waals surface area (Å²) in [5, 5.41) is 9.62. The Labute approximate surface area is 211 Å². The lowest BCUT2D eigenvalue weighted by Gasteiger charge is -2.33. The predicted octanol–water partition coefficient (Wildman–Crippen LogP) is 4.25. The van der Waals surface area contributed by atoms with Gasteiger partial charge in [0, 0.05) is 12.1 Å². The van der Waals surface area contributed by atoms with Crippen LogP contribution >= 0.6 is 11.8 Å². The molecule has 2 N–H and O–H groups in total. The summed E-state index contributed by atoms with van der Waals surface area (Å²) in [5.74, 6) is 0.414.